The second-order valence-corrected chi connectivity index (χ2v) is 11.2. The molecule has 7 nitrogen and oxygen atoms in total. The van der Waals surface area contributed by atoms with Crippen LogP contribution < -0.4 is 5.32 Å². The largest absolute Gasteiger partial charge is 0.347 e. The van der Waals surface area contributed by atoms with Crippen LogP contribution >= 0.6 is 11.6 Å². The van der Waals surface area contributed by atoms with E-state index in [-0.39, 0.29) is 27.0 Å². The monoisotopic (exact) mass is 511 g/mol. The number of hydrogen-bond donors (Lipinski definition) is 1. The molecule has 2 aromatic rings. The number of rotatable bonds is 6. The van der Waals surface area contributed by atoms with Crippen molar-refractivity contribution in [3.05, 3.63) is 58.4 Å². The van der Waals surface area contributed by atoms with Crippen LogP contribution in [-0.2, 0) is 14.6 Å². The van der Waals surface area contributed by atoms with Gasteiger partial charge in [0.05, 0.1) is 21.5 Å². The van der Waals surface area contributed by atoms with Gasteiger partial charge in [-0.3, -0.25) is 14.6 Å². The van der Waals surface area contributed by atoms with Gasteiger partial charge >= 0.3 is 0 Å². The number of halogens is 3. The molecule has 4 rings (SSSR count). The first-order valence-electron chi connectivity index (χ1n) is 11.0. The van der Waals surface area contributed by atoms with Gasteiger partial charge < -0.3 is 10.2 Å². The van der Waals surface area contributed by atoms with E-state index in [0.29, 0.717) is 25.8 Å². The number of nitrogens with zero attached hydrogens (tertiary/aromatic N) is 2. The number of piperidine rings is 1. The van der Waals surface area contributed by atoms with Crippen LogP contribution in [-0.4, -0.2) is 49.0 Å². The summed E-state index contributed by atoms with van der Waals surface area (Å²) in [5.74, 6) is -2.49. The first kappa shape index (κ1) is 24.5. The molecule has 11 heteroatoms. The van der Waals surface area contributed by atoms with Gasteiger partial charge in [0.15, 0.2) is 9.84 Å². The number of likely N-dealkylation sites (tertiary alicyclic amines) is 1. The van der Waals surface area contributed by atoms with Gasteiger partial charge in [0.25, 0.3) is 5.91 Å². The van der Waals surface area contributed by atoms with Crippen molar-refractivity contribution in [2.24, 2.45) is 5.92 Å². The lowest BCUT2D eigenvalue weighted by Gasteiger charge is -2.36. The average molecular weight is 512 g/mol. The summed E-state index contributed by atoms with van der Waals surface area (Å²) in [7, 11) is -3.57. The van der Waals surface area contributed by atoms with Crippen molar-refractivity contribution in [2.75, 3.05) is 12.8 Å². The molecule has 2 fully saturated rings. The van der Waals surface area contributed by atoms with Gasteiger partial charge in [0.1, 0.15) is 17.7 Å². The summed E-state index contributed by atoms with van der Waals surface area (Å²) in [6.45, 7) is 0.304. The van der Waals surface area contributed by atoms with Gasteiger partial charge in [-0.25, -0.2) is 17.2 Å². The fourth-order valence-corrected chi connectivity index (χ4v) is 5.00. The third-order valence-electron chi connectivity index (χ3n) is 6.22. The van der Waals surface area contributed by atoms with Crippen LogP contribution in [0.5, 0.6) is 0 Å². The Labute approximate surface area is 201 Å². The molecule has 1 unspecified atom stereocenters. The van der Waals surface area contributed by atoms with Crippen LogP contribution in [0, 0.1) is 17.6 Å². The number of hydrogen-bond acceptors (Lipinski definition) is 5. The highest BCUT2D eigenvalue weighted by Crippen LogP contribution is 2.42. The van der Waals surface area contributed by atoms with Crippen molar-refractivity contribution in [3.8, 4) is 0 Å². The van der Waals surface area contributed by atoms with Crippen molar-refractivity contribution in [1.82, 2.24) is 15.2 Å². The number of pyridine rings is 1. The third-order valence-corrected chi connectivity index (χ3v) is 7.59. The smallest absolute Gasteiger partial charge is 0.256 e. The summed E-state index contributed by atoms with van der Waals surface area (Å²) in [5, 5.41) is 2.49. The van der Waals surface area contributed by atoms with E-state index in [1.807, 2.05) is 0 Å². The van der Waals surface area contributed by atoms with Gasteiger partial charge in [0, 0.05) is 30.8 Å². The first-order chi connectivity index (χ1) is 16.1. The molecule has 1 N–H and O–H groups in total. The van der Waals surface area contributed by atoms with Gasteiger partial charge in [0.2, 0.25) is 5.91 Å². The Morgan fingerprint density at radius 1 is 1.12 bits per heavy atom. The molecule has 2 heterocycles. The van der Waals surface area contributed by atoms with E-state index in [1.54, 1.807) is 0 Å². The molecule has 0 radical (unpaired) electrons. The Hall–Kier alpha value is -2.59. The van der Waals surface area contributed by atoms with E-state index in [1.165, 1.54) is 17.2 Å². The minimum Gasteiger partial charge on any atom is -0.347 e. The number of carbonyl (C=O) groups excluding carboxylic acids is 2. The van der Waals surface area contributed by atoms with Crippen LogP contribution in [0.1, 0.15) is 54.1 Å². The van der Waals surface area contributed by atoms with Crippen LogP contribution in [0.25, 0.3) is 0 Å². The Bertz CT molecular complexity index is 1240. The minimum atomic E-state index is -3.57. The van der Waals surface area contributed by atoms with Crippen LogP contribution in [0.3, 0.4) is 0 Å². The fourth-order valence-electron chi connectivity index (χ4n) is 4.26. The van der Waals surface area contributed by atoms with Crippen LogP contribution in [0.2, 0.25) is 5.02 Å². The van der Waals surface area contributed by atoms with Crippen molar-refractivity contribution < 1.29 is 26.8 Å². The maximum absolute atomic E-state index is 14.6. The van der Waals surface area contributed by atoms with E-state index < -0.39 is 45.4 Å². The lowest BCUT2D eigenvalue weighted by atomic mass is 9.97. The average Bonchev–Trinajstić information content (AvgIpc) is 3.64. The Morgan fingerprint density at radius 2 is 1.85 bits per heavy atom. The molecule has 1 aromatic carbocycles. The second kappa shape index (κ2) is 9.58. The molecule has 0 bridgehead atoms. The predicted octanol–water partition coefficient (Wildman–Crippen LogP) is 3.68. The minimum absolute atomic E-state index is 0.0245. The van der Waals surface area contributed by atoms with E-state index in [9.17, 15) is 26.8 Å². The van der Waals surface area contributed by atoms with Crippen molar-refractivity contribution in [2.45, 2.75) is 49.1 Å². The summed E-state index contributed by atoms with van der Waals surface area (Å²) >= 11 is 5.68. The van der Waals surface area contributed by atoms with Crippen molar-refractivity contribution >= 4 is 33.3 Å². The Morgan fingerprint density at radius 3 is 2.53 bits per heavy atom. The summed E-state index contributed by atoms with van der Waals surface area (Å²) in [4.78, 5) is 31.7. The summed E-state index contributed by atoms with van der Waals surface area (Å²) in [6, 6.07) is 1.57. The molecule has 0 spiro atoms. The number of benzene rings is 1. The molecule has 182 valence electrons. The normalized spacial score (nSPS) is 19.5. The summed E-state index contributed by atoms with van der Waals surface area (Å²) < 4.78 is 52.4. The molecule has 1 aliphatic carbocycles. The SMILES string of the molecule is CS(=O)(=O)c1cncc(C(=O)N2CCCC[C@@H]2C(=O)NC(c2cc(F)c(Cl)cc2F)C2CC2)c1. The molecule has 2 atom stereocenters. The molecule has 2 aliphatic rings. The summed E-state index contributed by atoms with van der Waals surface area (Å²) in [6.07, 6.45) is 6.74. The standard InChI is InChI=1S/C23H24ClF2N3O4S/c1-34(32,33)15-8-14(11-27-12-15)23(31)29-7-3-2-4-20(29)22(30)28-21(13-5-6-13)16-9-19(26)17(24)10-18(16)25/h8-13,20-21H,2-7H2,1H3,(H,28,30)/t20-,21?/m1/s1. The molecule has 1 aromatic heterocycles. The highest BCUT2D eigenvalue weighted by Gasteiger charge is 2.39. The van der Waals surface area contributed by atoms with Gasteiger partial charge in [-0.1, -0.05) is 11.6 Å². The first-order valence-corrected chi connectivity index (χ1v) is 13.2. The van der Waals surface area contributed by atoms with E-state index in [4.69, 9.17) is 11.6 Å². The van der Waals surface area contributed by atoms with Crippen LogP contribution in [0.4, 0.5) is 8.78 Å². The van der Waals surface area contributed by atoms with Crippen molar-refractivity contribution in [1.29, 1.82) is 0 Å². The zero-order valence-electron chi connectivity index (χ0n) is 18.4. The summed E-state index contributed by atoms with van der Waals surface area (Å²) in [5.41, 5.74) is 0.0867. The molecular formula is C23H24ClF2N3O4S. The topological polar surface area (TPSA) is 96.4 Å². The zero-order chi connectivity index (χ0) is 24.6. The van der Waals surface area contributed by atoms with Crippen LogP contribution in [0.15, 0.2) is 35.5 Å². The Kier molecular flexibility index (Phi) is 6.91. The number of carbonyl (C=O) groups is 2. The number of amides is 2. The fraction of sp³-hybridized carbons (Fsp3) is 0.435. The van der Waals surface area contributed by atoms with E-state index >= 15 is 0 Å². The van der Waals surface area contributed by atoms with E-state index in [2.05, 4.69) is 10.3 Å². The maximum atomic E-state index is 14.6. The molecule has 2 amide bonds. The lowest BCUT2D eigenvalue weighted by Crippen LogP contribution is -2.52. The maximum Gasteiger partial charge on any atom is 0.256 e. The molecule has 34 heavy (non-hydrogen) atoms. The third kappa shape index (κ3) is 5.22. The second-order valence-electron chi connectivity index (χ2n) is 8.80. The highest BCUT2D eigenvalue weighted by molar-refractivity contribution is 7.90. The highest BCUT2D eigenvalue weighted by atomic mass is 35.5. The van der Waals surface area contributed by atoms with Gasteiger partial charge in [-0.15, -0.1) is 0 Å². The molecule has 1 saturated carbocycles. The number of sulfone groups is 1. The van der Waals surface area contributed by atoms with Gasteiger partial charge in [-0.05, 0) is 56.2 Å². The molecule has 1 aliphatic heterocycles. The predicted molar refractivity (Wildman–Crippen MR) is 121 cm³/mol. The lowest BCUT2D eigenvalue weighted by molar-refractivity contribution is -0.127. The number of nitrogens with one attached hydrogen (secondary N) is 1. The molecular weight excluding hydrogens is 488 g/mol. The van der Waals surface area contributed by atoms with Gasteiger partial charge in [-0.2, -0.15) is 0 Å². The Balaban J connectivity index is 1.58. The number of aromatic nitrogens is 1. The molecule has 1 saturated heterocycles. The van der Waals surface area contributed by atoms with E-state index in [0.717, 1.165) is 37.4 Å². The zero-order valence-corrected chi connectivity index (χ0v) is 20.0. The quantitative estimate of drug-likeness (QED) is 0.597. The van der Waals surface area contributed by atoms with Crippen molar-refractivity contribution in [3.63, 3.8) is 0 Å².